The van der Waals surface area contributed by atoms with Gasteiger partial charge in [-0.3, -0.25) is 9.59 Å². The van der Waals surface area contributed by atoms with Gasteiger partial charge in [-0.05, 0) is 48.5 Å². The number of hydrogen-bond donors (Lipinski definition) is 4. The lowest BCUT2D eigenvalue weighted by Crippen LogP contribution is -2.23. The average molecular weight is 631 g/mol. The van der Waals surface area contributed by atoms with E-state index in [0.29, 0.717) is 10.0 Å². The molecule has 2 aromatic heterocycles. The van der Waals surface area contributed by atoms with Crippen LogP contribution >= 0.6 is 23.2 Å². The van der Waals surface area contributed by atoms with Crippen LogP contribution in [0.4, 0.5) is 0 Å². The second-order valence-electron chi connectivity index (χ2n) is 7.75. The van der Waals surface area contributed by atoms with Crippen molar-refractivity contribution in [3.8, 4) is 11.5 Å². The molecule has 12 nitrogen and oxygen atoms in total. The number of rotatable bonds is 8. The molecule has 0 atom stereocenters. The highest BCUT2D eigenvalue weighted by Crippen LogP contribution is 2.15. The summed E-state index contributed by atoms with van der Waals surface area (Å²) in [5.41, 5.74) is -1.28. The van der Waals surface area contributed by atoms with E-state index < -0.39 is 42.4 Å². The summed E-state index contributed by atoms with van der Waals surface area (Å²) in [5, 5.41) is 18.9. The summed E-state index contributed by atoms with van der Waals surface area (Å²) in [7, 11) is -7.46. The minimum Gasteiger partial charge on any atom is -0.502 e. The fourth-order valence-electron chi connectivity index (χ4n) is 2.80. The van der Waals surface area contributed by atoms with Crippen LogP contribution < -0.4 is 20.3 Å². The van der Waals surface area contributed by atoms with Crippen LogP contribution in [0.1, 0.15) is 11.5 Å². The van der Waals surface area contributed by atoms with Crippen molar-refractivity contribution in [3.63, 3.8) is 0 Å². The zero-order valence-corrected chi connectivity index (χ0v) is 23.2. The van der Waals surface area contributed by atoms with Gasteiger partial charge in [0.2, 0.25) is 30.9 Å². The van der Waals surface area contributed by atoms with Gasteiger partial charge >= 0.3 is 0 Å². The van der Waals surface area contributed by atoms with E-state index in [2.05, 4.69) is 9.44 Å². The van der Waals surface area contributed by atoms with Gasteiger partial charge in [0.15, 0.2) is 11.5 Å². The summed E-state index contributed by atoms with van der Waals surface area (Å²) < 4.78 is 62.1. The van der Waals surface area contributed by atoms with Gasteiger partial charge in [-0.2, -0.15) is 0 Å². The first kappa shape index (κ1) is 30.9. The molecule has 212 valence electrons. The highest BCUT2D eigenvalue weighted by Gasteiger charge is 2.15. The van der Waals surface area contributed by atoms with Gasteiger partial charge in [0.25, 0.3) is 0 Å². The summed E-state index contributed by atoms with van der Waals surface area (Å²) in [6.45, 7) is -0.416. The molecule has 0 unspecified atom stereocenters. The summed E-state index contributed by atoms with van der Waals surface area (Å²) in [5.74, 6) is -0.890. The van der Waals surface area contributed by atoms with Crippen LogP contribution in [0.15, 0.2) is 101 Å². The van der Waals surface area contributed by atoms with E-state index in [4.69, 9.17) is 42.2 Å². The molecule has 2 aromatic carbocycles. The van der Waals surface area contributed by atoms with E-state index in [1.807, 2.05) is 0 Å². The van der Waals surface area contributed by atoms with Gasteiger partial charge in [-0.1, -0.05) is 23.2 Å². The fraction of sp³-hybridized carbons (Fsp3) is 0.0833. The third-order valence-electron chi connectivity index (χ3n) is 4.85. The van der Waals surface area contributed by atoms with Crippen molar-refractivity contribution in [2.45, 2.75) is 22.9 Å². The maximum Gasteiger partial charge on any atom is 0.240 e. The van der Waals surface area contributed by atoms with Gasteiger partial charge in [0, 0.05) is 22.2 Å². The van der Waals surface area contributed by atoms with E-state index in [1.165, 1.54) is 48.5 Å². The Balaban J connectivity index is 0.000000220. The molecule has 0 radical (unpaired) electrons. The Morgan fingerprint density at radius 1 is 0.625 bits per heavy atom. The highest BCUT2D eigenvalue weighted by atomic mass is 35.5. The number of hydrogen-bond acceptors (Lipinski definition) is 10. The zero-order chi connectivity index (χ0) is 29.5. The highest BCUT2D eigenvalue weighted by molar-refractivity contribution is 7.89. The molecule has 4 aromatic rings. The summed E-state index contributed by atoms with van der Waals surface area (Å²) >= 11 is 11.4. The topological polar surface area (TPSA) is 193 Å². The van der Waals surface area contributed by atoms with E-state index >= 15 is 0 Å². The van der Waals surface area contributed by atoms with Crippen molar-refractivity contribution < 1.29 is 35.9 Å². The summed E-state index contributed by atoms with van der Waals surface area (Å²) in [6.07, 6.45) is 1.71. The maximum atomic E-state index is 11.9. The maximum absolute atomic E-state index is 11.9. The number of aromatic hydroxyl groups is 2. The van der Waals surface area contributed by atoms with Gasteiger partial charge in [-0.25, -0.2) is 26.3 Å². The smallest absolute Gasteiger partial charge is 0.240 e. The van der Waals surface area contributed by atoms with Crippen molar-refractivity contribution in [3.05, 3.63) is 115 Å². The first-order valence-corrected chi connectivity index (χ1v) is 14.6. The molecule has 0 fully saturated rings. The van der Waals surface area contributed by atoms with Crippen LogP contribution in [-0.2, 0) is 33.1 Å². The Labute approximate surface area is 237 Å². The first-order chi connectivity index (χ1) is 18.8. The molecule has 0 saturated heterocycles. The van der Waals surface area contributed by atoms with Crippen molar-refractivity contribution in [2.75, 3.05) is 0 Å². The molecule has 0 spiro atoms. The second-order valence-corrected chi connectivity index (χ2v) is 12.2. The van der Waals surface area contributed by atoms with Gasteiger partial charge in [0.05, 0.1) is 22.9 Å². The van der Waals surface area contributed by atoms with Crippen LogP contribution in [0, 0.1) is 0 Å². The third-order valence-corrected chi connectivity index (χ3v) is 8.19. The van der Waals surface area contributed by atoms with E-state index in [0.717, 1.165) is 24.7 Å². The molecule has 0 saturated carbocycles. The number of halogens is 2. The molecule has 0 amide bonds. The van der Waals surface area contributed by atoms with Gasteiger partial charge < -0.3 is 19.0 Å². The van der Waals surface area contributed by atoms with Crippen LogP contribution in [-0.4, -0.2) is 27.0 Å². The lowest BCUT2D eigenvalue weighted by molar-refractivity contribution is 0.411. The normalized spacial score (nSPS) is 11.4. The molecule has 2 heterocycles. The van der Waals surface area contributed by atoms with Crippen LogP contribution in [0.2, 0.25) is 10.0 Å². The first-order valence-electron chi connectivity index (χ1n) is 10.9. The zero-order valence-electron chi connectivity index (χ0n) is 20.1. The molecular weight excluding hydrogens is 611 g/mol. The molecule has 0 aliphatic rings. The third kappa shape index (κ3) is 8.67. The number of sulfonamides is 2. The Kier molecular flexibility index (Phi) is 10.1. The van der Waals surface area contributed by atoms with Crippen molar-refractivity contribution >= 4 is 43.2 Å². The molecular formula is C24H20Cl2N2O10S2. The summed E-state index contributed by atoms with van der Waals surface area (Å²) in [4.78, 5) is 22.4. The van der Waals surface area contributed by atoms with E-state index in [-0.39, 0.29) is 34.4 Å². The van der Waals surface area contributed by atoms with Crippen LogP contribution in [0.3, 0.4) is 0 Å². The average Bonchev–Trinajstić information content (AvgIpc) is 2.91. The van der Waals surface area contributed by atoms with Crippen LogP contribution in [0.5, 0.6) is 11.5 Å². The molecule has 16 heteroatoms. The number of nitrogens with one attached hydrogen (secondary N) is 2. The van der Waals surface area contributed by atoms with Crippen molar-refractivity contribution in [1.29, 1.82) is 0 Å². The Bertz CT molecular complexity index is 1670. The predicted octanol–water partition coefficient (Wildman–Crippen LogP) is 2.95. The minimum absolute atomic E-state index is 0.0445. The van der Waals surface area contributed by atoms with E-state index in [1.54, 1.807) is 0 Å². The van der Waals surface area contributed by atoms with Crippen LogP contribution in [0.25, 0.3) is 0 Å². The standard InChI is InChI=1S/2C12H10ClNO5S/c2*13-8-1-3-10(4-2-8)20(17,18)14-6-9-5-11(15)12(16)7-19-9/h2*1-5,7,14,16H,6H2. The molecule has 0 aliphatic heterocycles. The minimum atomic E-state index is -3.73. The second kappa shape index (κ2) is 13.1. The molecule has 4 N–H and O–H groups in total. The quantitative estimate of drug-likeness (QED) is 0.225. The molecule has 0 bridgehead atoms. The lowest BCUT2D eigenvalue weighted by Gasteiger charge is -2.06. The molecule has 0 aliphatic carbocycles. The predicted molar refractivity (Wildman–Crippen MR) is 144 cm³/mol. The largest absolute Gasteiger partial charge is 0.502 e. The van der Waals surface area contributed by atoms with E-state index in [9.17, 15) is 26.4 Å². The number of benzene rings is 2. The molecule has 40 heavy (non-hydrogen) atoms. The Morgan fingerprint density at radius 3 is 1.25 bits per heavy atom. The van der Waals surface area contributed by atoms with Gasteiger partial charge in [-0.15, -0.1) is 0 Å². The van der Waals surface area contributed by atoms with Crippen molar-refractivity contribution in [2.24, 2.45) is 0 Å². The van der Waals surface area contributed by atoms with Crippen molar-refractivity contribution in [1.82, 2.24) is 9.44 Å². The van der Waals surface area contributed by atoms with Gasteiger partial charge in [0.1, 0.15) is 24.0 Å². The Morgan fingerprint density at radius 2 is 0.950 bits per heavy atom. The fourth-order valence-corrected chi connectivity index (χ4v) is 5.04. The Hall–Kier alpha value is -3.66. The monoisotopic (exact) mass is 630 g/mol. The SMILES string of the molecule is O=c1cc(CNS(=O)(=O)c2ccc(Cl)cc2)occ1O.O=c1cc(CNS(=O)(=O)c2ccc(Cl)cc2)occ1O. The lowest BCUT2D eigenvalue weighted by atomic mass is 10.4. The summed E-state index contributed by atoms with van der Waals surface area (Å²) in [6, 6.07) is 13.3. The molecule has 4 rings (SSSR count).